The third-order valence-electron chi connectivity index (χ3n) is 11.8. The van der Waals surface area contributed by atoms with Gasteiger partial charge in [0.25, 0.3) is 0 Å². The highest BCUT2D eigenvalue weighted by atomic mass is 16.5. The Morgan fingerprint density at radius 3 is 2.03 bits per heavy atom. The molecule has 4 atom stereocenters. The quantitative estimate of drug-likeness (QED) is 0.504. The Hall–Kier alpha value is -0.0800. The van der Waals surface area contributed by atoms with Gasteiger partial charge in [0, 0.05) is 12.1 Å². The lowest BCUT2D eigenvalue weighted by Gasteiger charge is -2.60. The van der Waals surface area contributed by atoms with Crippen molar-refractivity contribution in [2.75, 3.05) is 13.2 Å². The van der Waals surface area contributed by atoms with Crippen LogP contribution in [-0.4, -0.2) is 24.3 Å². The van der Waals surface area contributed by atoms with Gasteiger partial charge in [-0.1, -0.05) is 62.3 Å². The van der Waals surface area contributed by atoms with Crippen LogP contribution < -0.4 is 5.32 Å². The van der Waals surface area contributed by atoms with E-state index in [1.807, 2.05) is 0 Å². The van der Waals surface area contributed by atoms with Gasteiger partial charge in [-0.2, -0.15) is 0 Å². The van der Waals surface area contributed by atoms with Crippen LogP contribution >= 0.6 is 0 Å². The number of rotatable bonds is 5. The van der Waals surface area contributed by atoms with Crippen LogP contribution in [0.3, 0.4) is 0 Å². The molecule has 0 radical (unpaired) electrons. The van der Waals surface area contributed by atoms with E-state index in [9.17, 15) is 0 Å². The van der Waals surface area contributed by atoms with Gasteiger partial charge in [0.05, 0.1) is 12.2 Å². The lowest BCUT2D eigenvalue weighted by Crippen LogP contribution is -2.58. The van der Waals surface area contributed by atoms with Crippen molar-refractivity contribution < 1.29 is 4.74 Å². The van der Waals surface area contributed by atoms with Crippen molar-refractivity contribution in [1.29, 1.82) is 0 Å². The first-order valence-corrected chi connectivity index (χ1v) is 13.1. The Morgan fingerprint density at radius 2 is 1.57 bits per heavy atom. The van der Waals surface area contributed by atoms with Crippen LogP contribution in [0.1, 0.15) is 120 Å². The van der Waals surface area contributed by atoms with E-state index in [2.05, 4.69) is 67.6 Å². The molecular weight excluding hydrogens is 366 g/mol. The first kappa shape index (κ1) is 23.1. The molecule has 2 nitrogen and oxygen atoms in total. The monoisotopic (exact) mass is 417 g/mol. The third kappa shape index (κ3) is 3.01. The highest BCUT2D eigenvalue weighted by Crippen LogP contribution is 2.68. The maximum atomic E-state index is 6.78. The maximum absolute atomic E-state index is 6.78. The summed E-state index contributed by atoms with van der Waals surface area (Å²) < 4.78 is 6.78. The van der Waals surface area contributed by atoms with Crippen molar-refractivity contribution in [1.82, 2.24) is 5.32 Å². The second kappa shape index (κ2) is 6.72. The first-order chi connectivity index (χ1) is 13.7. The van der Waals surface area contributed by atoms with Crippen LogP contribution in [0.5, 0.6) is 0 Å². The average Bonchev–Trinajstić information content (AvgIpc) is 3.20. The molecule has 5 aliphatic rings. The predicted molar refractivity (Wildman–Crippen MR) is 128 cm³/mol. The summed E-state index contributed by atoms with van der Waals surface area (Å²) in [5, 5.41) is 4.03. The van der Waals surface area contributed by atoms with E-state index in [0.29, 0.717) is 38.5 Å². The number of hydrogen-bond acceptors (Lipinski definition) is 2. The van der Waals surface area contributed by atoms with E-state index in [4.69, 9.17) is 4.74 Å². The SMILES string of the molecule is CCC12CNC(C(C)(C)C)(CC1(C)CCC(C)C13CCC(C(C)(C)C)(CC1)CO3)C2. The zero-order chi connectivity index (χ0) is 22.3. The van der Waals surface area contributed by atoms with Crippen LogP contribution in [0, 0.1) is 33.0 Å². The summed E-state index contributed by atoms with van der Waals surface area (Å²) in [6, 6.07) is 0. The fourth-order valence-electron chi connectivity index (χ4n) is 8.39. The molecule has 5 fully saturated rings. The van der Waals surface area contributed by atoms with E-state index in [-0.39, 0.29) is 5.60 Å². The molecule has 174 valence electrons. The summed E-state index contributed by atoms with van der Waals surface area (Å²) in [4.78, 5) is 0. The molecule has 0 amide bonds. The molecule has 2 aliphatic carbocycles. The average molecular weight is 418 g/mol. The summed E-state index contributed by atoms with van der Waals surface area (Å²) in [6.07, 6.45) is 12.1. The summed E-state index contributed by atoms with van der Waals surface area (Å²) in [6.45, 7) is 24.5. The van der Waals surface area contributed by atoms with Crippen LogP contribution in [-0.2, 0) is 4.74 Å². The molecule has 3 saturated heterocycles. The molecule has 2 saturated carbocycles. The molecule has 3 aliphatic heterocycles. The number of ether oxygens (including phenoxy) is 1. The fraction of sp³-hybridized carbons (Fsp3) is 1.00. The lowest BCUT2D eigenvalue weighted by molar-refractivity contribution is -0.233. The molecule has 0 aromatic carbocycles. The fourth-order valence-corrected chi connectivity index (χ4v) is 8.39. The zero-order valence-corrected chi connectivity index (χ0v) is 21.8. The molecule has 0 aromatic rings. The Balaban J connectivity index is 1.45. The van der Waals surface area contributed by atoms with Gasteiger partial charge >= 0.3 is 0 Å². The molecular formula is C28H51NO. The highest BCUT2D eigenvalue weighted by Gasteiger charge is 2.67. The summed E-state index contributed by atoms with van der Waals surface area (Å²) in [5.74, 6) is 0.680. The molecule has 4 bridgehead atoms. The molecule has 1 N–H and O–H groups in total. The van der Waals surface area contributed by atoms with Crippen molar-refractivity contribution in [2.45, 2.75) is 131 Å². The topological polar surface area (TPSA) is 21.3 Å². The van der Waals surface area contributed by atoms with Gasteiger partial charge in [0.15, 0.2) is 0 Å². The molecule has 4 unspecified atom stereocenters. The second-order valence-electron chi connectivity index (χ2n) is 14.6. The highest BCUT2D eigenvalue weighted by molar-refractivity contribution is 5.22. The van der Waals surface area contributed by atoms with Gasteiger partial charge in [0.1, 0.15) is 0 Å². The van der Waals surface area contributed by atoms with E-state index in [0.717, 1.165) is 6.61 Å². The van der Waals surface area contributed by atoms with Gasteiger partial charge in [-0.3, -0.25) is 0 Å². The van der Waals surface area contributed by atoms with Gasteiger partial charge in [-0.25, -0.2) is 0 Å². The molecule has 30 heavy (non-hydrogen) atoms. The Labute approximate surface area is 187 Å². The smallest absolute Gasteiger partial charge is 0.0708 e. The first-order valence-electron chi connectivity index (χ1n) is 13.1. The molecule has 2 heteroatoms. The summed E-state index contributed by atoms with van der Waals surface area (Å²) >= 11 is 0. The molecule has 5 rings (SSSR count). The second-order valence-corrected chi connectivity index (χ2v) is 14.6. The minimum absolute atomic E-state index is 0.167. The third-order valence-corrected chi connectivity index (χ3v) is 11.8. The normalized spacial score (nSPS) is 47.1. The van der Waals surface area contributed by atoms with E-state index in [1.165, 1.54) is 64.3 Å². The van der Waals surface area contributed by atoms with Crippen molar-refractivity contribution in [2.24, 2.45) is 33.0 Å². The summed E-state index contributed by atoms with van der Waals surface area (Å²) in [7, 11) is 0. The number of fused-ring (bicyclic) bond motifs is 5. The molecule has 3 heterocycles. The van der Waals surface area contributed by atoms with E-state index < -0.39 is 0 Å². The van der Waals surface area contributed by atoms with Crippen LogP contribution in [0.4, 0.5) is 0 Å². The zero-order valence-electron chi connectivity index (χ0n) is 21.8. The van der Waals surface area contributed by atoms with Crippen molar-refractivity contribution in [3.63, 3.8) is 0 Å². The van der Waals surface area contributed by atoms with Gasteiger partial charge in [0.2, 0.25) is 0 Å². The Morgan fingerprint density at radius 1 is 0.933 bits per heavy atom. The molecule has 0 aromatic heterocycles. The van der Waals surface area contributed by atoms with Crippen LogP contribution in [0.2, 0.25) is 0 Å². The minimum Gasteiger partial charge on any atom is -0.374 e. The maximum Gasteiger partial charge on any atom is 0.0708 e. The van der Waals surface area contributed by atoms with Gasteiger partial charge in [-0.15, -0.1) is 0 Å². The van der Waals surface area contributed by atoms with Crippen LogP contribution in [0.15, 0.2) is 0 Å². The number of nitrogens with one attached hydrogen (secondary N) is 1. The largest absolute Gasteiger partial charge is 0.374 e. The number of hydrogen-bond donors (Lipinski definition) is 1. The van der Waals surface area contributed by atoms with E-state index in [1.54, 1.807) is 0 Å². The van der Waals surface area contributed by atoms with Crippen molar-refractivity contribution in [3.05, 3.63) is 0 Å². The van der Waals surface area contributed by atoms with Crippen molar-refractivity contribution >= 4 is 0 Å². The Bertz CT molecular complexity index is 645. The van der Waals surface area contributed by atoms with Crippen LogP contribution in [0.25, 0.3) is 0 Å². The predicted octanol–water partition coefficient (Wildman–Crippen LogP) is 7.36. The van der Waals surface area contributed by atoms with Gasteiger partial charge < -0.3 is 10.1 Å². The summed E-state index contributed by atoms with van der Waals surface area (Å²) in [5.41, 5.74) is 2.56. The van der Waals surface area contributed by atoms with Crippen molar-refractivity contribution in [3.8, 4) is 0 Å². The standard InChI is InChI=1S/C28H51NO/c1-10-25-18-28(29-19-25,23(6,7)8)17-24(25,9)12-11-21(2)27-15-13-26(14-16-27,20-30-27)22(3,4)5/h21,29H,10-20H2,1-9H3. The lowest BCUT2D eigenvalue weighted by atomic mass is 9.53. The van der Waals surface area contributed by atoms with Gasteiger partial charge in [-0.05, 0) is 90.8 Å². The van der Waals surface area contributed by atoms with E-state index >= 15 is 0 Å². The number of piperidine rings is 1. The minimum atomic E-state index is 0.167. The molecule has 0 spiro atoms. The Kier molecular flexibility index (Phi) is 5.17.